The molecule has 0 bridgehead atoms. The van der Waals surface area contributed by atoms with Gasteiger partial charge in [-0.3, -0.25) is 0 Å². The molecule has 0 atom stereocenters. The van der Waals surface area contributed by atoms with Gasteiger partial charge < -0.3 is 9.80 Å². The molecule has 0 spiro atoms. The molecule has 2 heteroatoms. The van der Waals surface area contributed by atoms with Crippen molar-refractivity contribution in [3.05, 3.63) is 261 Å². The van der Waals surface area contributed by atoms with E-state index in [9.17, 15) is 0 Å². The maximum atomic E-state index is 2.40. The minimum atomic E-state index is 0.463. The lowest BCUT2D eigenvalue weighted by Gasteiger charge is -2.28. The summed E-state index contributed by atoms with van der Waals surface area (Å²) in [5.74, 6) is 0.463. The summed E-state index contributed by atoms with van der Waals surface area (Å²) >= 11 is 0. The molecule has 0 aliphatic heterocycles. The second-order valence-corrected chi connectivity index (χ2v) is 19.7. The van der Waals surface area contributed by atoms with E-state index in [1.165, 1.54) is 100 Å². The van der Waals surface area contributed by atoms with E-state index in [2.05, 4.69) is 291 Å². The molecular formula is C69H66N2. The van der Waals surface area contributed by atoms with Crippen molar-refractivity contribution in [1.29, 1.82) is 0 Å². The van der Waals surface area contributed by atoms with Crippen molar-refractivity contribution in [2.24, 2.45) is 0 Å². The topological polar surface area (TPSA) is 6.48 Å². The Kier molecular flexibility index (Phi) is 14.5. The van der Waals surface area contributed by atoms with Crippen LogP contribution >= 0.6 is 0 Å². The summed E-state index contributed by atoms with van der Waals surface area (Å²) in [4.78, 5) is 4.79. The summed E-state index contributed by atoms with van der Waals surface area (Å²) < 4.78 is 0. The third-order valence-electron chi connectivity index (χ3n) is 13.7. The molecule has 2 nitrogen and oxygen atoms in total. The second kappa shape index (κ2) is 21.4. The number of rotatable bonds is 14. The highest BCUT2D eigenvalue weighted by atomic mass is 15.1. The van der Waals surface area contributed by atoms with Crippen molar-refractivity contribution < 1.29 is 0 Å². The molecule has 0 N–H and O–H groups in total. The molecule has 352 valence electrons. The van der Waals surface area contributed by atoms with Crippen LogP contribution in [0.15, 0.2) is 194 Å². The van der Waals surface area contributed by atoms with Crippen LogP contribution in [0.1, 0.15) is 93.5 Å². The van der Waals surface area contributed by atoms with E-state index in [-0.39, 0.29) is 0 Å². The van der Waals surface area contributed by atoms with Crippen molar-refractivity contribution in [3.63, 3.8) is 0 Å². The largest absolute Gasteiger partial charge is 0.310 e. The molecule has 0 fully saturated rings. The van der Waals surface area contributed by atoms with Gasteiger partial charge in [0.25, 0.3) is 0 Å². The summed E-state index contributed by atoms with van der Waals surface area (Å²) in [5.41, 5.74) is 26.8. The first kappa shape index (κ1) is 48.1. The molecule has 9 aromatic rings. The smallest absolute Gasteiger partial charge is 0.0493 e. The summed E-state index contributed by atoms with van der Waals surface area (Å²) in [6.45, 7) is 19.8. The van der Waals surface area contributed by atoms with Crippen LogP contribution in [0.25, 0.3) is 46.6 Å². The molecule has 0 aliphatic rings. The first-order valence-corrected chi connectivity index (χ1v) is 25.2. The highest BCUT2D eigenvalue weighted by molar-refractivity contribution is 5.84. The average molecular weight is 923 g/mol. The van der Waals surface area contributed by atoms with Crippen LogP contribution in [0.3, 0.4) is 0 Å². The van der Waals surface area contributed by atoms with Gasteiger partial charge >= 0.3 is 0 Å². The molecule has 0 heterocycles. The standard InChI is InChI=1S/C69H66N2/c1-10-57-44-49(5)12-39-69(57)71(65-33-17-54(18-34-65)14-15-56-42-50(6)41-51(7)43-56)67-37-28-61(29-38-67)59-24-22-58(23-25-59)60-26-35-66(36-27-60)70(68-40-30-62(47(2)3)46-53(68)9)64-31-19-55(20-32-64)16-21-63-45-48(4)11-13-52(63)8/h11-47H,10H2,1-9H3. The van der Waals surface area contributed by atoms with Gasteiger partial charge in [-0.05, 0) is 181 Å². The van der Waals surface area contributed by atoms with E-state index in [0.29, 0.717) is 5.92 Å². The molecule has 9 aromatic carbocycles. The van der Waals surface area contributed by atoms with Crippen molar-refractivity contribution in [1.82, 2.24) is 0 Å². The molecule has 0 aromatic heterocycles. The number of aryl methyl sites for hydroxylation is 7. The van der Waals surface area contributed by atoms with Crippen LogP contribution in [-0.2, 0) is 6.42 Å². The number of anilines is 6. The first-order valence-electron chi connectivity index (χ1n) is 25.2. The minimum Gasteiger partial charge on any atom is -0.310 e. The lowest BCUT2D eigenvalue weighted by atomic mass is 9.98. The number of hydrogen-bond acceptors (Lipinski definition) is 2. The van der Waals surface area contributed by atoms with Gasteiger partial charge in [0.1, 0.15) is 0 Å². The fourth-order valence-corrected chi connectivity index (χ4v) is 9.71. The predicted molar refractivity (Wildman–Crippen MR) is 309 cm³/mol. The van der Waals surface area contributed by atoms with Gasteiger partial charge in [-0.25, -0.2) is 0 Å². The average Bonchev–Trinajstić information content (AvgIpc) is 3.38. The highest BCUT2D eigenvalue weighted by Crippen LogP contribution is 2.41. The zero-order valence-electron chi connectivity index (χ0n) is 43.0. The van der Waals surface area contributed by atoms with Crippen molar-refractivity contribution >= 4 is 58.4 Å². The maximum absolute atomic E-state index is 2.40. The Balaban J connectivity index is 0.959. The fraction of sp³-hybridized carbons (Fsp3) is 0.159. The van der Waals surface area contributed by atoms with E-state index in [0.717, 1.165) is 29.2 Å². The van der Waals surface area contributed by atoms with Gasteiger partial charge in [0, 0.05) is 34.1 Å². The van der Waals surface area contributed by atoms with Gasteiger partial charge in [-0.1, -0.05) is 201 Å². The van der Waals surface area contributed by atoms with E-state index >= 15 is 0 Å². The summed E-state index contributed by atoms with van der Waals surface area (Å²) in [7, 11) is 0. The molecule has 0 saturated heterocycles. The van der Waals surface area contributed by atoms with Crippen LogP contribution in [0, 0.1) is 41.5 Å². The minimum absolute atomic E-state index is 0.463. The van der Waals surface area contributed by atoms with E-state index in [1.54, 1.807) is 0 Å². The van der Waals surface area contributed by atoms with Crippen LogP contribution in [-0.4, -0.2) is 0 Å². The summed E-state index contributed by atoms with van der Waals surface area (Å²) in [6, 6.07) is 71.9. The van der Waals surface area contributed by atoms with E-state index in [1.807, 2.05) is 0 Å². The molecule has 0 saturated carbocycles. The molecule has 9 rings (SSSR count). The van der Waals surface area contributed by atoms with Crippen LogP contribution in [0.5, 0.6) is 0 Å². The molecular weight excluding hydrogens is 857 g/mol. The van der Waals surface area contributed by atoms with Gasteiger partial charge in [-0.2, -0.15) is 0 Å². The van der Waals surface area contributed by atoms with E-state index in [4.69, 9.17) is 0 Å². The monoisotopic (exact) mass is 923 g/mol. The third kappa shape index (κ3) is 11.3. The SMILES string of the molecule is CCc1cc(C)ccc1N(c1ccc(C=Cc2cc(C)cc(C)c2)cc1)c1ccc(-c2ccc(-c3ccc(N(c4ccc(C=Cc5cc(C)ccc5C)cc4)c4ccc(C(C)C)cc4C)cc3)cc2)cc1. The fourth-order valence-electron chi connectivity index (χ4n) is 9.71. The maximum Gasteiger partial charge on any atom is 0.0493 e. The Hall–Kier alpha value is -7.94. The molecule has 71 heavy (non-hydrogen) atoms. The quantitative estimate of drug-likeness (QED) is 0.100. The van der Waals surface area contributed by atoms with Gasteiger partial charge in [0.2, 0.25) is 0 Å². The summed E-state index contributed by atoms with van der Waals surface area (Å²) in [6.07, 6.45) is 9.80. The molecule has 0 aliphatic carbocycles. The Morgan fingerprint density at radius 3 is 1.27 bits per heavy atom. The lowest BCUT2D eigenvalue weighted by molar-refractivity contribution is 0.865. The number of nitrogens with zero attached hydrogens (tertiary/aromatic N) is 2. The normalized spacial score (nSPS) is 11.5. The summed E-state index contributed by atoms with van der Waals surface area (Å²) in [5, 5.41) is 0. The van der Waals surface area contributed by atoms with Crippen molar-refractivity contribution in [2.45, 2.75) is 74.7 Å². The van der Waals surface area contributed by atoms with Crippen molar-refractivity contribution in [3.8, 4) is 22.3 Å². The molecule has 0 radical (unpaired) electrons. The zero-order valence-corrected chi connectivity index (χ0v) is 43.0. The Bertz CT molecular complexity index is 3310. The van der Waals surface area contributed by atoms with Gasteiger partial charge in [0.05, 0.1) is 0 Å². The number of benzene rings is 9. The van der Waals surface area contributed by atoms with E-state index < -0.39 is 0 Å². The van der Waals surface area contributed by atoms with Crippen LogP contribution in [0.4, 0.5) is 34.1 Å². The Morgan fingerprint density at radius 2 is 0.775 bits per heavy atom. The molecule has 0 unspecified atom stereocenters. The Labute approximate surface area is 424 Å². The predicted octanol–water partition coefficient (Wildman–Crippen LogP) is 19.8. The molecule has 0 amide bonds. The lowest BCUT2D eigenvalue weighted by Crippen LogP contribution is -2.12. The van der Waals surface area contributed by atoms with Gasteiger partial charge in [0.15, 0.2) is 0 Å². The third-order valence-corrected chi connectivity index (χ3v) is 13.7. The number of hydrogen-bond donors (Lipinski definition) is 0. The van der Waals surface area contributed by atoms with Gasteiger partial charge in [-0.15, -0.1) is 0 Å². The van der Waals surface area contributed by atoms with Crippen molar-refractivity contribution in [2.75, 3.05) is 9.80 Å². The van der Waals surface area contributed by atoms with Crippen LogP contribution in [0.2, 0.25) is 0 Å². The van der Waals surface area contributed by atoms with Crippen LogP contribution < -0.4 is 9.80 Å². The zero-order chi connectivity index (χ0) is 49.6. The Morgan fingerprint density at radius 1 is 0.352 bits per heavy atom. The highest BCUT2D eigenvalue weighted by Gasteiger charge is 2.18. The first-order chi connectivity index (χ1) is 34.4. The second-order valence-electron chi connectivity index (χ2n) is 19.7.